The van der Waals surface area contributed by atoms with Crippen molar-refractivity contribution in [2.45, 2.75) is 19.9 Å². The van der Waals surface area contributed by atoms with Crippen molar-refractivity contribution >= 4 is 0 Å². The summed E-state index contributed by atoms with van der Waals surface area (Å²) in [5.41, 5.74) is 2.56. The number of benzene rings is 1. The molecule has 1 radical (unpaired) electrons. The van der Waals surface area contributed by atoms with Crippen LogP contribution in [0.3, 0.4) is 0 Å². The Morgan fingerprint density at radius 1 is 1.38 bits per heavy atom. The van der Waals surface area contributed by atoms with Crippen molar-refractivity contribution in [3.63, 3.8) is 0 Å². The van der Waals surface area contributed by atoms with Gasteiger partial charge in [-0.3, -0.25) is 0 Å². The Hall–Kier alpha value is -0.860. The monoisotopic (exact) mass is 178 g/mol. The van der Waals surface area contributed by atoms with Gasteiger partial charge in [0.05, 0.1) is 6.61 Å². The van der Waals surface area contributed by atoms with Gasteiger partial charge in [0.15, 0.2) is 0 Å². The van der Waals surface area contributed by atoms with E-state index in [1.165, 1.54) is 11.1 Å². The van der Waals surface area contributed by atoms with Gasteiger partial charge in [-0.05, 0) is 25.5 Å². The minimum Gasteiger partial charge on any atom is -0.313 e. The van der Waals surface area contributed by atoms with Crippen LogP contribution < -0.4 is 5.32 Å². The quantitative estimate of drug-likeness (QED) is 0.686. The molecule has 0 fully saturated rings. The van der Waals surface area contributed by atoms with E-state index in [1.807, 2.05) is 0 Å². The van der Waals surface area contributed by atoms with Crippen LogP contribution in [0.15, 0.2) is 24.3 Å². The van der Waals surface area contributed by atoms with E-state index in [0.717, 1.165) is 13.1 Å². The minimum absolute atomic E-state index is 0.0147. The van der Waals surface area contributed by atoms with Gasteiger partial charge < -0.3 is 5.32 Å². The van der Waals surface area contributed by atoms with E-state index < -0.39 is 0 Å². The van der Waals surface area contributed by atoms with Crippen molar-refractivity contribution in [1.82, 2.24) is 5.32 Å². The Morgan fingerprint density at radius 3 is 2.92 bits per heavy atom. The molecule has 2 heteroatoms. The Kier molecular flexibility index (Phi) is 4.50. The van der Waals surface area contributed by atoms with Crippen molar-refractivity contribution in [2.75, 3.05) is 13.2 Å². The zero-order chi connectivity index (χ0) is 9.52. The van der Waals surface area contributed by atoms with E-state index in [9.17, 15) is 5.11 Å². The zero-order valence-corrected chi connectivity index (χ0v) is 8.05. The van der Waals surface area contributed by atoms with E-state index in [-0.39, 0.29) is 6.61 Å². The first-order valence-corrected chi connectivity index (χ1v) is 4.67. The zero-order valence-electron chi connectivity index (χ0n) is 8.05. The molecular weight excluding hydrogens is 162 g/mol. The van der Waals surface area contributed by atoms with Gasteiger partial charge >= 0.3 is 0 Å². The fraction of sp³-hybridized carbons (Fsp3) is 0.455. The average Bonchev–Trinajstić information content (AvgIpc) is 2.13. The van der Waals surface area contributed by atoms with Crippen molar-refractivity contribution in [1.29, 1.82) is 0 Å². The van der Waals surface area contributed by atoms with Crippen LogP contribution >= 0.6 is 0 Å². The third kappa shape index (κ3) is 4.06. The first-order chi connectivity index (χ1) is 6.33. The molecule has 0 unspecified atom stereocenters. The molecule has 1 aromatic carbocycles. The highest BCUT2D eigenvalue weighted by Gasteiger charge is 1.92. The molecule has 0 saturated heterocycles. The topological polar surface area (TPSA) is 31.9 Å². The molecular formula is C11H16NO. The highest BCUT2D eigenvalue weighted by molar-refractivity contribution is 5.21. The summed E-state index contributed by atoms with van der Waals surface area (Å²) in [5, 5.41) is 13.4. The molecule has 2 nitrogen and oxygen atoms in total. The smallest absolute Gasteiger partial charge is 0.0834 e. The number of nitrogens with one attached hydrogen (secondary N) is 1. The third-order valence-electron chi connectivity index (χ3n) is 1.91. The summed E-state index contributed by atoms with van der Waals surface area (Å²) in [6, 6.07) is 8.39. The molecule has 1 rings (SSSR count). The Balaban J connectivity index is 2.28. The van der Waals surface area contributed by atoms with E-state index >= 15 is 0 Å². The predicted octanol–water partition coefficient (Wildman–Crippen LogP) is 1.91. The number of rotatable bonds is 5. The summed E-state index contributed by atoms with van der Waals surface area (Å²) in [6.45, 7) is 3.78. The lowest BCUT2D eigenvalue weighted by Crippen LogP contribution is -2.15. The molecule has 1 N–H and O–H groups in total. The van der Waals surface area contributed by atoms with Gasteiger partial charge in [-0.15, -0.1) is 0 Å². The molecule has 0 bridgehead atoms. The maximum Gasteiger partial charge on any atom is 0.0834 e. The molecule has 0 amide bonds. The van der Waals surface area contributed by atoms with E-state index in [1.54, 1.807) is 0 Å². The van der Waals surface area contributed by atoms with E-state index in [2.05, 4.69) is 36.5 Å². The molecule has 0 saturated carbocycles. The van der Waals surface area contributed by atoms with Crippen LogP contribution in [0.1, 0.15) is 17.5 Å². The minimum atomic E-state index is 0.0147. The van der Waals surface area contributed by atoms with Gasteiger partial charge in [-0.1, -0.05) is 29.8 Å². The predicted molar refractivity (Wildman–Crippen MR) is 53.1 cm³/mol. The van der Waals surface area contributed by atoms with Crippen molar-refractivity contribution < 1.29 is 5.11 Å². The summed E-state index contributed by atoms with van der Waals surface area (Å²) in [4.78, 5) is 0. The Bertz CT molecular complexity index is 248. The van der Waals surface area contributed by atoms with Crippen molar-refractivity contribution in [3.05, 3.63) is 35.4 Å². The maximum atomic E-state index is 10.2. The van der Waals surface area contributed by atoms with Crippen molar-refractivity contribution in [3.8, 4) is 0 Å². The highest BCUT2D eigenvalue weighted by Crippen LogP contribution is 2.02. The molecule has 0 heterocycles. The molecule has 0 aliphatic heterocycles. The molecule has 0 spiro atoms. The van der Waals surface area contributed by atoms with Crippen molar-refractivity contribution in [2.24, 2.45) is 0 Å². The lowest BCUT2D eigenvalue weighted by atomic mass is 10.1. The molecule has 0 aliphatic rings. The first kappa shape index (κ1) is 10.2. The van der Waals surface area contributed by atoms with Crippen LogP contribution in [-0.2, 0) is 11.7 Å². The van der Waals surface area contributed by atoms with E-state index in [0.29, 0.717) is 6.42 Å². The fourth-order valence-corrected chi connectivity index (χ4v) is 1.25. The third-order valence-corrected chi connectivity index (χ3v) is 1.91. The van der Waals surface area contributed by atoms with Gasteiger partial charge in [-0.2, -0.15) is 0 Å². The van der Waals surface area contributed by atoms with Gasteiger partial charge in [-0.25, -0.2) is 5.11 Å². The van der Waals surface area contributed by atoms with Crippen LogP contribution in [0.2, 0.25) is 0 Å². The van der Waals surface area contributed by atoms with Gasteiger partial charge in [0.2, 0.25) is 0 Å². The molecule has 13 heavy (non-hydrogen) atoms. The van der Waals surface area contributed by atoms with Gasteiger partial charge in [0.1, 0.15) is 0 Å². The van der Waals surface area contributed by atoms with Crippen LogP contribution in [0.5, 0.6) is 0 Å². The number of hydrogen-bond acceptors (Lipinski definition) is 1. The van der Waals surface area contributed by atoms with Gasteiger partial charge in [0.25, 0.3) is 0 Å². The maximum absolute atomic E-state index is 10.2. The van der Waals surface area contributed by atoms with E-state index in [4.69, 9.17) is 0 Å². The standard InChI is InChI=1S/C11H16NO/c1-10-4-2-5-11(8-10)9-12-6-3-7-13/h2,4-5,8,12H,3,6-7,9H2,1H3. The second-order valence-electron chi connectivity index (χ2n) is 3.22. The van der Waals surface area contributed by atoms with Gasteiger partial charge in [0, 0.05) is 6.54 Å². The Morgan fingerprint density at radius 2 is 2.23 bits per heavy atom. The Labute approximate surface area is 79.6 Å². The fourth-order valence-electron chi connectivity index (χ4n) is 1.25. The second kappa shape index (κ2) is 5.73. The number of aryl methyl sites for hydroxylation is 1. The summed E-state index contributed by atoms with van der Waals surface area (Å²) >= 11 is 0. The summed E-state index contributed by atoms with van der Waals surface area (Å²) in [6.07, 6.45) is 0.714. The summed E-state index contributed by atoms with van der Waals surface area (Å²) < 4.78 is 0. The summed E-state index contributed by atoms with van der Waals surface area (Å²) in [7, 11) is 0. The normalized spacial score (nSPS) is 10.3. The average molecular weight is 178 g/mol. The first-order valence-electron chi connectivity index (χ1n) is 4.67. The highest BCUT2D eigenvalue weighted by atomic mass is 16.3. The number of hydrogen-bond donors (Lipinski definition) is 1. The van der Waals surface area contributed by atoms with Crippen LogP contribution in [-0.4, -0.2) is 13.2 Å². The molecule has 0 aromatic heterocycles. The molecule has 0 atom stereocenters. The lowest BCUT2D eigenvalue weighted by molar-refractivity contribution is 0.188. The molecule has 1 aromatic rings. The second-order valence-corrected chi connectivity index (χ2v) is 3.22. The molecule has 0 aliphatic carbocycles. The summed E-state index contributed by atoms with van der Waals surface area (Å²) in [5.74, 6) is 0. The van der Waals surface area contributed by atoms with Crippen LogP contribution in [0.4, 0.5) is 0 Å². The lowest BCUT2D eigenvalue weighted by Gasteiger charge is -2.03. The van der Waals surface area contributed by atoms with Crippen LogP contribution in [0.25, 0.3) is 0 Å². The van der Waals surface area contributed by atoms with Crippen LogP contribution in [0, 0.1) is 6.92 Å². The molecule has 71 valence electrons. The largest absolute Gasteiger partial charge is 0.313 e. The SMILES string of the molecule is Cc1cccc(CNCCC[O])c1.